The van der Waals surface area contributed by atoms with Gasteiger partial charge in [0.05, 0.1) is 11.9 Å². The fraction of sp³-hybridized carbons (Fsp3) is 0.440. The van der Waals surface area contributed by atoms with Crippen LogP contribution in [0.5, 0.6) is 0 Å². The average Bonchev–Trinajstić information content (AvgIpc) is 2.76. The van der Waals surface area contributed by atoms with Crippen LogP contribution in [0.3, 0.4) is 0 Å². The van der Waals surface area contributed by atoms with Crippen LogP contribution >= 0.6 is 0 Å². The standard InChI is InChI=1S/C25H35N3O4S/c1-6-7-16-26-25(30)21(4)27(17-22-14-10-8-12-19(22)2)24(29)18-28(33(5,31)32)23-15-11-9-13-20(23)3/h8-15,21H,6-7,16-18H2,1-5H3,(H,26,30)/t21-/m0/s1. The predicted molar refractivity (Wildman–Crippen MR) is 132 cm³/mol. The molecular formula is C25H35N3O4S. The van der Waals surface area contributed by atoms with E-state index in [-0.39, 0.29) is 19.0 Å². The molecule has 1 N–H and O–H groups in total. The predicted octanol–water partition coefficient (Wildman–Crippen LogP) is 3.40. The van der Waals surface area contributed by atoms with Crippen LogP contribution in [0, 0.1) is 13.8 Å². The zero-order valence-corrected chi connectivity index (χ0v) is 21.0. The number of anilines is 1. The first-order valence-corrected chi connectivity index (χ1v) is 13.1. The van der Waals surface area contributed by atoms with Crippen LogP contribution in [-0.4, -0.2) is 50.5 Å². The second-order valence-electron chi connectivity index (χ2n) is 8.32. The summed E-state index contributed by atoms with van der Waals surface area (Å²) in [7, 11) is -3.73. The van der Waals surface area contributed by atoms with Crippen LogP contribution in [0.2, 0.25) is 0 Å². The van der Waals surface area contributed by atoms with Crippen molar-refractivity contribution in [3.8, 4) is 0 Å². The molecule has 0 saturated carbocycles. The molecule has 0 spiro atoms. The van der Waals surface area contributed by atoms with E-state index in [9.17, 15) is 18.0 Å². The first kappa shape index (κ1) is 26.4. The van der Waals surface area contributed by atoms with Gasteiger partial charge in [-0.2, -0.15) is 0 Å². The molecule has 180 valence electrons. The van der Waals surface area contributed by atoms with Gasteiger partial charge in [-0.1, -0.05) is 55.8 Å². The molecule has 2 aromatic carbocycles. The summed E-state index contributed by atoms with van der Waals surface area (Å²) in [5.41, 5.74) is 3.09. The molecule has 0 aliphatic carbocycles. The number of carbonyl (C=O) groups excluding carboxylic acids is 2. The smallest absolute Gasteiger partial charge is 0.244 e. The molecule has 0 radical (unpaired) electrons. The van der Waals surface area contributed by atoms with Gasteiger partial charge >= 0.3 is 0 Å². The minimum atomic E-state index is -3.73. The Hall–Kier alpha value is -2.87. The zero-order chi connectivity index (χ0) is 24.6. The van der Waals surface area contributed by atoms with Gasteiger partial charge in [0.15, 0.2) is 0 Å². The highest BCUT2D eigenvalue weighted by Gasteiger charge is 2.30. The Morgan fingerprint density at radius 3 is 2.18 bits per heavy atom. The van der Waals surface area contributed by atoms with Crippen LogP contribution in [0.4, 0.5) is 5.69 Å². The van der Waals surface area contributed by atoms with Crippen molar-refractivity contribution in [2.75, 3.05) is 23.7 Å². The van der Waals surface area contributed by atoms with Gasteiger partial charge in [0.1, 0.15) is 12.6 Å². The lowest BCUT2D eigenvalue weighted by atomic mass is 10.1. The topological polar surface area (TPSA) is 86.8 Å². The molecular weight excluding hydrogens is 438 g/mol. The highest BCUT2D eigenvalue weighted by atomic mass is 32.2. The number of aryl methyl sites for hydroxylation is 2. The van der Waals surface area contributed by atoms with E-state index < -0.39 is 22.0 Å². The summed E-state index contributed by atoms with van der Waals surface area (Å²) in [4.78, 5) is 27.8. The summed E-state index contributed by atoms with van der Waals surface area (Å²) < 4.78 is 26.3. The second kappa shape index (κ2) is 11.8. The van der Waals surface area contributed by atoms with Gasteiger partial charge in [0.2, 0.25) is 21.8 Å². The van der Waals surface area contributed by atoms with Crippen molar-refractivity contribution in [3.05, 3.63) is 65.2 Å². The zero-order valence-electron chi connectivity index (χ0n) is 20.2. The Bertz CT molecular complexity index is 1070. The van der Waals surface area contributed by atoms with Gasteiger partial charge in [-0.25, -0.2) is 8.42 Å². The van der Waals surface area contributed by atoms with Crippen LogP contribution in [0.15, 0.2) is 48.5 Å². The molecule has 2 amide bonds. The lowest BCUT2D eigenvalue weighted by Crippen LogP contribution is -2.51. The Kier molecular flexibility index (Phi) is 9.46. The number of hydrogen-bond acceptors (Lipinski definition) is 4. The molecule has 0 unspecified atom stereocenters. The maximum atomic E-state index is 13.5. The van der Waals surface area contributed by atoms with E-state index >= 15 is 0 Å². The molecule has 0 aliphatic rings. The summed E-state index contributed by atoms with van der Waals surface area (Å²) in [5.74, 6) is -0.697. The van der Waals surface area contributed by atoms with Crippen molar-refractivity contribution < 1.29 is 18.0 Å². The Morgan fingerprint density at radius 2 is 1.61 bits per heavy atom. The van der Waals surface area contributed by atoms with Crippen LogP contribution in [0.25, 0.3) is 0 Å². The van der Waals surface area contributed by atoms with Crippen LogP contribution in [-0.2, 0) is 26.2 Å². The number of carbonyl (C=O) groups is 2. The lowest BCUT2D eigenvalue weighted by Gasteiger charge is -2.32. The first-order chi connectivity index (χ1) is 15.6. The fourth-order valence-electron chi connectivity index (χ4n) is 3.53. The lowest BCUT2D eigenvalue weighted by molar-refractivity contribution is -0.139. The SMILES string of the molecule is CCCCNC(=O)[C@H](C)N(Cc1ccccc1C)C(=O)CN(c1ccccc1C)S(C)(=O)=O. The van der Waals surface area contributed by atoms with Gasteiger partial charge in [0, 0.05) is 13.1 Å². The molecule has 0 bridgehead atoms. The Labute approximate surface area is 197 Å². The van der Waals surface area contributed by atoms with E-state index in [1.54, 1.807) is 32.0 Å². The number of benzene rings is 2. The van der Waals surface area contributed by atoms with E-state index in [2.05, 4.69) is 5.32 Å². The highest BCUT2D eigenvalue weighted by Crippen LogP contribution is 2.23. The summed E-state index contributed by atoms with van der Waals surface area (Å²) in [6.45, 7) is 7.81. The summed E-state index contributed by atoms with van der Waals surface area (Å²) >= 11 is 0. The van der Waals surface area contributed by atoms with Crippen molar-refractivity contribution in [3.63, 3.8) is 0 Å². The first-order valence-electron chi connectivity index (χ1n) is 11.2. The molecule has 0 aliphatic heterocycles. The number of para-hydroxylation sites is 1. The normalized spacial score (nSPS) is 12.2. The van der Waals surface area contributed by atoms with E-state index in [1.807, 2.05) is 44.2 Å². The van der Waals surface area contributed by atoms with Crippen molar-refractivity contribution in [1.82, 2.24) is 10.2 Å². The average molecular weight is 474 g/mol. The number of rotatable bonds is 11. The van der Waals surface area contributed by atoms with Crippen molar-refractivity contribution in [2.24, 2.45) is 0 Å². The molecule has 0 aromatic heterocycles. The maximum Gasteiger partial charge on any atom is 0.244 e. The van der Waals surface area contributed by atoms with Crippen molar-refractivity contribution in [1.29, 1.82) is 0 Å². The molecule has 0 heterocycles. The van der Waals surface area contributed by atoms with Crippen LogP contribution < -0.4 is 9.62 Å². The monoisotopic (exact) mass is 473 g/mol. The number of nitrogens with one attached hydrogen (secondary N) is 1. The quantitative estimate of drug-likeness (QED) is 0.507. The highest BCUT2D eigenvalue weighted by molar-refractivity contribution is 7.92. The third kappa shape index (κ3) is 7.32. The Balaban J connectivity index is 2.37. The van der Waals surface area contributed by atoms with E-state index in [1.165, 1.54) is 4.90 Å². The van der Waals surface area contributed by atoms with E-state index in [0.717, 1.165) is 40.1 Å². The van der Waals surface area contributed by atoms with Gasteiger partial charge in [-0.3, -0.25) is 13.9 Å². The third-order valence-electron chi connectivity index (χ3n) is 5.66. The fourth-order valence-corrected chi connectivity index (χ4v) is 4.43. The van der Waals surface area contributed by atoms with Crippen molar-refractivity contribution >= 4 is 27.5 Å². The molecule has 1 atom stereocenters. The van der Waals surface area contributed by atoms with E-state index in [0.29, 0.717) is 12.2 Å². The maximum absolute atomic E-state index is 13.5. The van der Waals surface area contributed by atoms with Gasteiger partial charge in [-0.15, -0.1) is 0 Å². The van der Waals surface area contributed by atoms with E-state index in [4.69, 9.17) is 0 Å². The molecule has 0 saturated heterocycles. The summed E-state index contributed by atoms with van der Waals surface area (Å²) in [6, 6.07) is 13.9. The minimum absolute atomic E-state index is 0.208. The molecule has 2 rings (SSSR count). The largest absolute Gasteiger partial charge is 0.354 e. The molecule has 7 nitrogen and oxygen atoms in total. The minimum Gasteiger partial charge on any atom is -0.354 e. The Morgan fingerprint density at radius 1 is 1.00 bits per heavy atom. The third-order valence-corrected chi connectivity index (χ3v) is 6.79. The van der Waals surface area contributed by atoms with Crippen molar-refractivity contribution in [2.45, 2.75) is 53.1 Å². The van der Waals surface area contributed by atoms with Gasteiger partial charge in [0.25, 0.3) is 0 Å². The number of unbranched alkanes of at least 4 members (excludes halogenated alkanes) is 1. The number of amides is 2. The van der Waals surface area contributed by atoms with Gasteiger partial charge < -0.3 is 10.2 Å². The summed E-state index contributed by atoms with van der Waals surface area (Å²) in [6.07, 6.45) is 2.87. The molecule has 2 aromatic rings. The van der Waals surface area contributed by atoms with Crippen LogP contribution in [0.1, 0.15) is 43.4 Å². The molecule has 8 heteroatoms. The number of nitrogens with zero attached hydrogens (tertiary/aromatic N) is 2. The second-order valence-corrected chi connectivity index (χ2v) is 10.2. The summed E-state index contributed by atoms with van der Waals surface area (Å²) in [5, 5.41) is 2.88. The number of sulfonamides is 1. The molecule has 33 heavy (non-hydrogen) atoms. The van der Waals surface area contributed by atoms with Gasteiger partial charge in [-0.05, 0) is 49.9 Å². The number of hydrogen-bond donors (Lipinski definition) is 1. The molecule has 0 fully saturated rings.